The van der Waals surface area contributed by atoms with Crippen LogP contribution in [0.15, 0.2) is 188 Å². The number of nitrogens with zero attached hydrogens (tertiary/aromatic N) is 3. The maximum Gasteiger partial charge on any atom is 0.162 e. The molecule has 0 aliphatic carbocycles. The highest BCUT2D eigenvalue weighted by Crippen LogP contribution is 2.50. The van der Waals surface area contributed by atoms with Gasteiger partial charge in [0.25, 0.3) is 0 Å². The van der Waals surface area contributed by atoms with Crippen LogP contribution in [0.1, 0.15) is 0 Å². The van der Waals surface area contributed by atoms with E-state index in [2.05, 4.69) is 180 Å². The van der Waals surface area contributed by atoms with Crippen LogP contribution in [-0.4, -0.2) is 14.5 Å². The van der Waals surface area contributed by atoms with Crippen LogP contribution in [0, 0.1) is 0 Å². The van der Waals surface area contributed by atoms with Crippen molar-refractivity contribution in [2.45, 2.75) is 0 Å². The molecule has 0 aliphatic heterocycles. The molecule has 0 aliphatic rings. The monoisotopic (exact) mass is 705 g/mol. The molecule has 11 rings (SSSR count). The molecule has 3 nitrogen and oxygen atoms in total. The van der Waals surface area contributed by atoms with Crippen molar-refractivity contribution in [3.63, 3.8) is 0 Å². The van der Waals surface area contributed by atoms with Gasteiger partial charge < -0.3 is 0 Å². The average Bonchev–Trinajstić information content (AvgIpc) is 3.81. The Morgan fingerprint density at radius 1 is 0.389 bits per heavy atom. The first-order valence-corrected chi connectivity index (χ1v) is 19.1. The van der Waals surface area contributed by atoms with Gasteiger partial charge in [-0.3, -0.25) is 4.57 Å². The van der Waals surface area contributed by atoms with Crippen LogP contribution in [0.3, 0.4) is 0 Å². The summed E-state index contributed by atoms with van der Waals surface area (Å²) in [6, 6.07) is 67.0. The standard InChI is InChI=1S/C50H31N3S/c1-5-16-32(17-6-1)36-28-29-43-41(30-36)45-38-24-13-14-25-39(38)49-46(40-27-15-26-37(48(40)54-49)33-18-7-2-8-19-33)47(45)53(43)44-31-42(34-20-9-3-10-21-34)51-50(52-44)35-22-11-4-12-23-35/h1-31H. The van der Waals surface area contributed by atoms with Gasteiger partial charge in [0.2, 0.25) is 0 Å². The van der Waals surface area contributed by atoms with E-state index >= 15 is 0 Å². The van der Waals surface area contributed by atoms with Crippen molar-refractivity contribution in [2.75, 3.05) is 0 Å². The Morgan fingerprint density at radius 2 is 1.00 bits per heavy atom. The minimum absolute atomic E-state index is 0.696. The zero-order chi connectivity index (χ0) is 35.6. The van der Waals surface area contributed by atoms with E-state index in [9.17, 15) is 0 Å². The lowest BCUT2D eigenvalue weighted by Crippen LogP contribution is -2.02. The molecule has 11 aromatic rings. The van der Waals surface area contributed by atoms with Gasteiger partial charge in [0.15, 0.2) is 5.82 Å². The van der Waals surface area contributed by atoms with Crippen molar-refractivity contribution < 1.29 is 0 Å². The summed E-state index contributed by atoms with van der Waals surface area (Å²) in [4.78, 5) is 10.6. The van der Waals surface area contributed by atoms with Crippen molar-refractivity contribution in [2.24, 2.45) is 0 Å². The van der Waals surface area contributed by atoms with Crippen LogP contribution in [0.2, 0.25) is 0 Å². The van der Waals surface area contributed by atoms with E-state index in [1.54, 1.807) is 0 Å². The summed E-state index contributed by atoms with van der Waals surface area (Å²) in [5.41, 5.74) is 10.0. The zero-order valence-corrected chi connectivity index (χ0v) is 30.0. The molecule has 0 fully saturated rings. The molecule has 3 aromatic heterocycles. The molecule has 0 spiro atoms. The highest BCUT2D eigenvalue weighted by molar-refractivity contribution is 7.27. The van der Waals surface area contributed by atoms with Crippen LogP contribution < -0.4 is 0 Å². The van der Waals surface area contributed by atoms with Gasteiger partial charge in [0.1, 0.15) is 5.82 Å². The SMILES string of the molecule is c1ccc(-c2ccc3c(c2)c2c4ccccc4c4sc5c(-c6ccccc6)cccc5c4c2n3-c2cc(-c3ccccc3)nc(-c3ccccc3)n2)cc1. The van der Waals surface area contributed by atoms with Crippen LogP contribution >= 0.6 is 11.3 Å². The lowest BCUT2D eigenvalue weighted by Gasteiger charge is -2.13. The molecule has 0 saturated heterocycles. The number of hydrogen-bond acceptors (Lipinski definition) is 3. The Kier molecular flexibility index (Phi) is 7.04. The van der Waals surface area contributed by atoms with Crippen molar-refractivity contribution in [3.05, 3.63) is 188 Å². The second-order valence-corrected chi connectivity index (χ2v) is 14.7. The molecule has 0 unspecified atom stereocenters. The van der Waals surface area contributed by atoms with Gasteiger partial charge in [0, 0.05) is 53.5 Å². The summed E-state index contributed by atoms with van der Waals surface area (Å²) in [5, 5.41) is 7.44. The predicted molar refractivity (Wildman–Crippen MR) is 229 cm³/mol. The van der Waals surface area contributed by atoms with Gasteiger partial charge in [-0.05, 0) is 39.8 Å². The Morgan fingerprint density at radius 3 is 1.72 bits per heavy atom. The maximum atomic E-state index is 5.42. The minimum Gasteiger partial charge on any atom is -0.293 e. The van der Waals surface area contributed by atoms with Crippen molar-refractivity contribution in [3.8, 4) is 50.7 Å². The lowest BCUT2D eigenvalue weighted by atomic mass is 9.97. The zero-order valence-electron chi connectivity index (χ0n) is 29.1. The topological polar surface area (TPSA) is 30.7 Å². The Bertz CT molecular complexity index is 3130. The summed E-state index contributed by atoms with van der Waals surface area (Å²) in [6.45, 7) is 0. The second kappa shape index (κ2) is 12.4. The second-order valence-electron chi connectivity index (χ2n) is 13.7. The van der Waals surface area contributed by atoms with Gasteiger partial charge in [0.05, 0.1) is 16.7 Å². The fraction of sp³-hybridized carbons (Fsp3) is 0. The van der Waals surface area contributed by atoms with E-state index in [0.717, 1.165) is 33.7 Å². The van der Waals surface area contributed by atoms with Gasteiger partial charge >= 0.3 is 0 Å². The van der Waals surface area contributed by atoms with Gasteiger partial charge in [-0.1, -0.05) is 170 Å². The number of rotatable bonds is 5. The highest BCUT2D eigenvalue weighted by atomic mass is 32.1. The van der Waals surface area contributed by atoms with Gasteiger partial charge in [-0.2, -0.15) is 0 Å². The normalized spacial score (nSPS) is 11.7. The third-order valence-electron chi connectivity index (χ3n) is 10.6. The Labute approximate surface area is 316 Å². The molecule has 0 N–H and O–H groups in total. The molecule has 54 heavy (non-hydrogen) atoms. The van der Waals surface area contributed by atoms with Crippen molar-refractivity contribution in [1.29, 1.82) is 0 Å². The Balaban J connectivity index is 1.35. The fourth-order valence-corrected chi connectivity index (χ4v) is 9.54. The number of thiophene rings is 1. The first-order chi connectivity index (χ1) is 26.8. The van der Waals surface area contributed by atoms with E-state index in [-0.39, 0.29) is 0 Å². The predicted octanol–water partition coefficient (Wildman–Crippen LogP) is 13.8. The summed E-state index contributed by atoms with van der Waals surface area (Å²) in [6.07, 6.45) is 0. The summed E-state index contributed by atoms with van der Waals surface area (Å²) >= 11 is 1.90. The molecule has 4 heteroatoms. The number of aromatic nitrogens is 3. The molecule has 252 valence electrons. The summed E-state index contributed by atoms with van der Waals surface area (Å²) in [5.74, 6) is 1.53. The third kappa shape index (κ3) is 4.81. The van der Waals surface area contributed by atoms with E-state index in [1.165, 1.54) is 64.0 Å². The molecule has 0 radical (unpaired) electrons. The number of fused-ring (bicyclic) bond motifs is 10. The molecule has 8 aromatic carbocycles. The number of benzene rings is 8. The molecule has 0 amide bonds. The minimum atomic E-state index is 0.696. The summed E-state index contributed by atoms with van der Waals surface area (Å²) < 4.78 is 4.98. The van der Waals surface area contributed by atoms with Crippen molar-refractivity contribution >= 4 is 64.1 Å². The van der Waals surface area contributed by atoms with Gasteiger partial charge in [-0.25, -0.2) is 9.97 Å². The fourth-order valence-electron chi connectivity index (χ4n) is 8.16. The molecular weight excluding hydrogens is 675 g/mol. The first kappa shape index (κ1) is 30.7. The lowest BCUT2D eigenvalue weighted by molar-refractivity contribution is 1.05. The third-order valence-corrected chi connectivity index (χ3v) is 11.9. The first-order valence-electron chi connectivity index (χ1n) is 18.3. The van der Waals surface area contributed by atoms with E-state index in [4.69, 9.17) is 9.97 Å². The van der Waals surface area contributed by atoms with Crippen LogP contribution in [-0.2, 0) is 0 Å². The molecule has 0 atom stereocenters. The number of hydrogen-bond donors (Lipinski definition) is 0. The highest BCUT2D eigenvalue weighted by Gasteiger charge is 2.24. The smallest absolute Gasteiger partial charge is 0.162 e. The van der Waals surface area contributed by atoms with E-state index < -0.39 is 0 Å². The molecule has 3 heterocycles. The molecule has 0 saturated carbocycles. The van der Waals surface area contributed by atoms with Gasteiger partial charge in [-0.15, -0.1) is 11.3 Å². The van der Waals surface area contributed by atoms with E-state index in [1.807, 2.05) is 23.5 Å². The molecular formula is C50H31N3S. The maximum absolute atomic E-state index is 5.42. The summed E-state index contributed by atoms with van der Waals surface area (Å²) in [7, 11) is 0. The van der Waals surface area contributed by atoms with Crippen LogP contribution in [0.4, 0.5) is 0 Å². The van der Waals surface area contributed by atoms with Crippen molar-refractivity contribution in [1.82, 2.24) is 14.5 Å². The van der Waals surface area contributed by atoms with Crippen LogP contribution in [0.25, 0.3) is 103 Å². The van der Waals surface area contributed by atoms with Crippen LogP contribution in [0.5, 0.6) is 0 Å². The average molecular weight is 706 g/mol. The molecule has 0 bridgehead atoms. The largest absolute Gasteiger partial charge is 0.293 e. The Hall–Kier alpha value is -6.88. The van der Waals surface area contributed by atoms with E-state index in [0.29, 0.717) is 5.82 Å². The quantitative estimate of drug-likeness (QED) is 0.178.